The largest absolute Gasteiger partial charge is 0.390 e. The lowest BCUT2D eigenvalue weighted by atomic mass is 10.0. The fraction of sp³-hybridized carbons (Fsp3) is 0.833. The number of methoxy groups -OCH3 is 1. The van der Waals surface area contributed by atoms with Crippen molar-refractivity contribution >= 4 is 0 Å². The number of hydrogen-bond donors (Lipinski definition) is 1. The molecule has 0 aliphatic carbocycles. The van der Waals surface area contributed by atoms with Crippen LogP contribution in [-0.4, -0.2) is 48.7 Å². The van der Waals surface area contributed by atoms with Gasteiger partial charge in [0.2, 0.25) is 0 Å². The van der Waals surface area contributed by atoms with Gasteiger partial charge in [-0.1, -0.05) is 6.08 Å². The highest BCUT2D eigenvalue weighted by Gasteiger charge is 2.57. The second-order valence-electron chi connectivity index (χ2n) is 4.86. The van der Waals surface area contributed by atoms with Gasteiger partial charge < -0.3 is 24.1 Å². The maximum Gasteiger partial charge on any atom is 0.186 e. The van der Waals surface area contributed by atoms with Gasteiger partial charge in [0, 0.05) is 7.11 Å². The van der Waals surface area contributed by atoms with Crippen molar-refractivity contribution < 1.29 is 24.1 Å². The van der Waals surface area contributed by atoms with E-state index < -0.39 is 24.3 Å². The van der Waals surface area contributed by atoms with E-state index in [0.29, 0.717) is 6.42 Å². The summed E-state index contributed by atoms with van der Waals surface area (Å²) in [4.78, 5) is 0. The van der Waals surface area contributed by atoms with E-state index in [0.717, 1.165) is 0 Å². The van der Waals surface area contributed by atoms with Crippen LogP contribution < -0.4 is 0 Å². The molecule has 0 aromatic rings. The molecule has 0 aromatic carbocycles. The maximum absolute atomic E-state index is 9.99. The molecule has 1 N–H and O–H groups in total. The molecule has 2 aliphatic heterocycles. The Morgan fingerprint density at radius 2 is 2.06 bits per heavy atom. The molecule has 5 nitrogen and oxygen atoms in total. The van der Waals surface area contributed by atoms with Gasteiger partial charge in [0.15, 0.2) is 12.1 Å². The molecule has 98 valence electrons. The summed E-state index contributed by atoms with van der Waals surface area (Å²) in [5, 5.41) is 9.99. The Morgan fingerprint density at radius 1 is 1.41 bits per heavy atom. The van der Waals surface area contributed by atoms with Gasteiger partial charge in [0.25, 0.3) is 0 Å². The van der Waals surface area contributed by atoms with E-state index in [9.17, 15) is 5.11 Å². The minimum atomic E-state index is -0.665. The molecular formula is C12H20O5. The monoisotopic (exact) mass is 244 g/mol. The first kappa shape index (κ1) is 13.0. The summed E-state index contributed by atoms with van der Waals surface area (Å²) < 4.78 is 22.3. The zero-order valence-corrected chi connectivity index (χ0v) is 10.5. The van der Waals surface area contributed by atoms with Gasteiger partial charge in [-0.05, 0) is 20.3 Å². The van der Waals surface area contributed by atoms with E-state index >= 15 is 0 Å². The summed E-state index contributed by atoms with van der Waals surface area (Å²) in [6, 6.07) is 0. The predicted molar refractivity (Wildman–Crippen MR) is 60.3 cm³/mol. The number of aliphatic hydroxyl groups is 1. The molecule has 0 unspecified atom stereocenters. The number of rotatable bonds is 4. The lowest BCUT2D eigenvalue weighted by Gasteiger charge is -2.25. The summed E-state index contributed by atoms with van der Waals surface area (Å²) >= 11 is 0. The first-order chi connectivity index (χ1) is 7.98. The Kier molecular flexibility index (Phi) is 3.56. The fourth-order valence-corrected chi connectivity index (χ4v) is 2.40. The second-order valence-corrected chi connectivity index (χ2v) is 4.86. The summed E-state index contributed by atoms with van der Waals surface area (Å²) in [5.41, 5.74) is 0. The molecule has 0 radical (unpaired) electrons. The van der Waals surface area contributed by atoms with Crippen LogP contribution in [-0.2, 0) is 18.9 Å². The molecule has 2 fully saturated rings. The summed E-state index contributed by atoms with van der Waals surface area (Å²) in [6.45, 7) is 7.29. The smallest absolute Gasteiger partial charge is 0.186 e. The van der Waals surface area contributed by atoms with Crippen LogP contribution in [0.5, 0.6) is 0 Å². The Hall–Kier alpha value is -0.460. The van der Waals surface area contributed by atoms with Gasteiger partial charge in [-0.25, -0.2) is 0 Å². The first-order valence-electron chi connectivity index (χ1n) is 5.81. The predicted octanol–water partition coefficient (Wildman–Crippen LogP) is 0.815. The quantitative estimate of drug-likeness (QED) is 0.742. The van der Waals surface area contributed by atoms with E-state index in [2.05, 4.69) is 6.58 Å². The minimum Gasteiger partial charge on any atom is -0.390 e. The third-order valence-electron chi connectivity index (χ3n) is 3.07. The third-order valence-corrected chi connectivity index (χ3v) is 3.07. The van der Waals surface area contributed by atoms with Crippen LogP contribution in [0.1, 0.15) is 20.3 Å². The molecule has 0 spiro atoms. The number of hydrogen-bond acceptors (Lipinski definition) is 5. The fourth-order valence-electron chi connectivity index (χ4n) is 2.40. The number of ether oxygens (including phenoxy) is 4. The Labute approximate surface area is 101 Å². The van der Waals surface area contributed by atoms with Crippen molar-refractivity contribution in [2.24, 2.45) is 0 Å². The molecule has 5 heteroatoms. The van der Waals surface area contributed by atoms with Crippen LogP contribution in [0.25, 0.3) is 0 Å². The lowest BCUT2D eigenvalue weighted by Crippen LogP contribution is -2.38. The Balaban J connectivity index is 2.12. The van der Waals surface area contributed by atoms with Crippen molar-refractivity contribution in [1.29, 1.82) is 0 Å². The van der Waals surface area contributed by atoms with E-state index in [1.807, 2.05) is 13.8 Å². The van der Waals surface area contributed by atoms with Crippen LogP contribution in [0.3, 0.4) is 0 Å². The highest BCUT2D eigenvalue weighted by molar-refractivity contribution is 4.98. The molecule has 2 saturated heterocycles. The van der Waals surface area contributed by atoms with E-state index in [4.69, 9.17) is 18.9 Å². The van der Waals surface area contributed by atoms with E-state index in [-0.39, 0.29) is 12.2 Å². The zero-order valence-electron chi connectivity index (χ0n) is 10.5. The number of aliphatic hydroxyl groups excluding tert-OH is 1. The molecule has 0 amide bonds. The van der Waals surface area contributed by atoms with Crippen molar-refractivity contribution in [2.45, 2.75) is 56.8 Å². The van der Waals surface area contributed by atoms with Crippen molar-refractivity contribution in [3.63, 3.8) is 0 Å². The van der Waals surface area contributed by atoms with Crippen LogP contribution in [0.15, 0.2) is 12.7 Å². The summed E-state index contributed by atoms with van der Waals surface area (Å²) in [7, 11) is 1.55. The molecule has 0 saturated carbocycles. The molecule has 0 aromatic heterocycles. The normalized spacial score (nSPS) is 41.2. The average Bonchev–Trinajstić information content (AvgIpc) is 2.71. The lowest BCUT2D eigenvalue weighted by molar-refractivity contribution is -0.236. The highest BCUT2D eigenvalue weighted by Crippen LogP contribution is 2.40. The Morgan fingerprint density at radius 3 is 2.65 bits per heavy atom. The SMILES string of the molecule is C=CC[C@@H](O)[C@H]1O[C@@H](OC)[C@@H]2OC(C)(C)O[C@@H]21. The van der Waals surface area contributed by atoms with Gasteiger partial charge >= 0.3 is 0 Å². The third kappa shape index (κ3) is 2.39. The van der Waals surface area contributed by atoms with Crippen LogP contribution in [0.2, 0.25) is 0 Å². The maximum atomic E-state index is 9.99. The molecule has 17 heavy (non-hydrogen) atoms. The topological polar surface area (TPSA) is 57.2 Å². The van der Waals surface area contributed by atoms with Gasteiger partial charge in [0.1, 0.15) is 18.3 Å². The van der Waals surface area contributed by atoms with Crippen LogP contribution in [0.4, 0.5) is 0 Å². The molecule has 0 bridgehead atoms. The second kappa shape index (κ2) is 4.66. The zero-order chi connectivity index (χ0) is 12.6. The average molecular weight is 244 g/mol. The molecule has 2 rings (SSSR count). The molecule has 2 heterocycles. The van der Waals surface area contributed by atoms with E-state index in [1.165, 1.54) is 0 Å². The van der Waals surface area contributed by atoms with Crippen molar-refractivity contribution in [3.05, 3.63) is 12.7 Å². The van der Waals surface area contributed by atoms with Crippen molar-refractivity contribution in [3.8, 4) is 0 Å². The standard InChI is InChI=1S/C12H20O5/c1-5-6-7(13)8-9-10(11(14-4)15-8)17-12(2,3)16-9/h5,7-11,13H,1,6H2,2-4H3/t7-,8-,9-,10-,11-/m1/s1. The molecular weight excluding hydrogens is 224 g/mol. The Bertz CT molecular complexity index is 291. The van der Waals surface area contributed by atoms with Crippen molar-refractivity contribution in [1.82, 2.24) is 0 Å². The molecule has 2 aliphatic rings. The van der Waals surface area contributed by atoms with Crippen LogP contribution >= 0.6 is 0 Å². The summed E-state index contributed by atoms with van der Waals surface area (Å²) in [5.74, 6) is -0.665. The first-order valence-corrected chi connectivity index (χ1v) is 5.81. The van der Waals surface area contributed by atoms with E-state index in [1.54, 1.807) is 13.2 Å². The summed E-state index contributed by atoms with van der Waals surface area (Å²) in [6.07, 6.45) is -0.0731. The van der Waals surface area contributed by atoms with Crippen molar-refractivity contribution in [2.75, 3.05) is 7.11 Å². The molecule has 5 atom stereocenters. The van der Waals surface area contributed by atoms with Crippen LogP contribution in [0, 0.1) is 0 Å². The van der Waals surface area contributed by atoms with Gasteiger partial charge in [-0.2, -0.15) is 0 Å². The van der Waals surface area contributed by atoms with Gasteiger partial charge in [0.05, 0.1) is 6.10 Å². The van der Waals surface area contributed by atoms with Gasteiger partial charge in [-0.15, -0.1) is 6.58 Å². The minimum absolute atomic E-state index is 0.292. The highest BCUT2D eigenvalue weighted by atomic mass is 16.8. The van der Waals surface area contributed by atoms with Gasteiger partial charge in [-0.3, -0.25) is 0 Å². The number of fused-ring (bicyclic) bond motifs is 1.